The van der Waals surface area contributed by atoms with Crippen molar-refractivity contribution in [3.8, 4) is 0 Å². The van der Waals surface area contributed by atoms with Gasteiger partial charge in [0.2, 0.25) is 0 Å². The summed E-state index contributed by atoms with van der Waals surface area (Å²) in [4.78, 5) is 16.3. The largest absolute Gasteiger partial charge is 0.444 e. The maximum atomic E-state index is 12.0. The van der Waals surface area contributed by atoms with Crippen LogP contribution in [0.25, 0.3) is 0 Å². The molecule has 4 heteroatoms. The Morgan fingerprint density at radius 3 is 1.95 bits per heavy atom. The lowest BCUT2D eigenvalue weighted by Crippen LogP contribution is -2.52. The molecule has 0 saturated carbocycles. The van der Waals surface area contributed by atoms with Gasteiger partial charge in [-0.2, -0.15) is 0 Å². The number of rotatable bonds is 2. The van der Waals surface area contributed by atoms with Gasteiger partial charge in [0.25, 0.3) is 0 Å². The molecule has 0 aromatic heterocycles. The summed E-state index contributed by atoms with van der Waals surface area (Å²) in [6.45, 7) is 18.3. The maximum absolute atomic E-state index is 12.0. The van der Waals surface area contributed by atoms with Gasteiger partial charge in [0.05, 0.1) is 0 Å². The maximum Gasteiger partial charge on any atom is 0.410 e. The summed E-state index contributed by atoms with van der Waals surface area (Å²) >= 11 is 0. The third-order valence-electron chi connectivity index (χ3n) is 3.50. The Bertz CT molecular complexity index is 320. The molecule has 0 radical (unpaired) electrons. The van der Waals surface area contributed by atoms with E-state index in [1.165, 1.54) is 6.42 Å². The van der Waals surface area contributed by atoms with E-state index in [9.17, 15) is 4.79 Å². The molecule has 0 bridgehead atoms. The fraction of sp³-hybridized carbons (Fsp3) is 0.938. The van der Waals surface area contributed by atoms with Crippen molar-refractivity contribution in [1.29, 1.82) is 0 Å². The normalized spacial score (nSPS) is 19.9. The average Bonchev–Trinajstić information content (AvgIpc) is 2.24. The van der Waals surface area contributed by atoms with Gasteiger partial charge in [0, 0.05) is 32.2 Å². The summed E-state index contributed by atoms with van der Waals surface area (Å²) in [7, 11) is 0. The van der Waals surface area contributed by atoms with E-state index in [4.69, 9.17) is 4.74 Å². The predicted molar refractivity (Wildman–Crippen MR) is 82.9 cm³/mol. The Morgan fingerprint density at radius 1 is 1.05 bits per heavy atom. The number of hydrogen-bond acceptors (Lipinski definition) is 3. The van der Waals surface area contributed by atoms with Gasteiger partial charge in [0.15, 0.2) is 0 Å². The minimum absolute atomic E-state index is 0.180. The molecule has 1 rings (SSSR count). The molecular formula is C16H32N2O2. The first-order chi connectivity index (χ1) is 8.98. The fourth-order valence-electron chi connectivity index (χ4n) is 2.69. The molecule has 0 aliphatic carbocycles. The highest BCUT2D eigenvalue weighted by Gasteiger charge is 2.28. The minimum Gasteiger partial charge on any atom is -0.444 e. The lowest BCUT2D eigenvalue weighted by molar-refractivity contribution is 0.00911. The number of amides is 1. The van der Waals surface area contributed by atoms with Gasteiger partial charge < -0.3 is 9.64 Å². The van der Waals surface area contributed by atoms with Crippen LogP contribution in [0.2, 0.25) is 0 Å². The second-order valence-corrected chi connectivity index (χ2v) is 8.12. The van der Waals surface area contributed by atoms with E-state index in [0.29, 0.717) is 11.5 Å². The average molecular weight is 284 g/mol. The molecule has 4 nitrogen and oxygen atoms in total. The number of hydrogen-bond donors (Lipinski definition) is 0. The zero-order chi connectivity index (χ0) is 15.6. The second-order valence-electron chi connectivity index (χ2n) is 8.12. The van der Waals surface area contributed by atoms with E-state index < -0.39 is 5.60 Å². The van der Waals surface area contributed by atoms with Crippen LogP contribution in [0.3, 0.4) is 0 Å². The van der Waals surface area contributed by atoms with Crippen LogP contribution in [0, 0.1) is 5.41 Å². The van der Waals surface area contributed by atoms with Crippen LogP contribution >= 0.6 is 0 Å². The molecule has 1 saturated heterocycles. The molecule has 0 N–H and O–H groups in total. The summed E-state index contributed by atoms with van der Waals surface area (Å²) in [5, 5.41) is 0. The van der Waals surface area contributed by atoms with Crippen molar-refractivity contribution < 1.29 is 9.53 Å². The molecule has 20 heavy (non-hydrogen) atoms. The van der Waals surface area contributed by atoms with Crippen molar-refractivity contribution in [3.05, 3.63) is 0 Å². The first-order valence-corrected chi connectivity index (χ1v) is 7.70. The molecule has 0 aromatic rings. The van der Waals surface area contributed by atoms with E-state index in [2.05, 4.69) is 32.6 Å². The summed E-state index contributed by atoms with van der Waals surface area (Å²) in [6, 6.07) is 0.566. The van der Waals surface area contributed by atoms with Crippen LogP contribution in [-0.4, -0.2) is 53.7 Å². The van der Waals surface area contributed by atoms with Crippen LogP contribution < -0.4 is 0 Å². The Labute approximate surface area is 124 Å². The Hall–Kier alpha value is -0.770. The molecule has 1 unspecified atom stereocenters. The SMILES string of the molecule is CC(CC(C)(C)C)N1CCN(C(=O)OC(C)(C)C)CC1. The van der Waals surface area contributed by atoms with Gasteiger partial charge in [0.1, 0.15) is 5.60 Å². The van der Waals surface area contributed by atoms with Gasteiger partial charge in [-0.25, -0.2) is 4.79 Å². The van der Waals surface area contributed by atoms with E-state index in [0.717, 1.165) is 26.2 Å². The minimum atomic E-state index is -0.409. The highest BCUT2D eigenvalue weighted by molar-refractivity contribution is 5.68. The summed E-state index contributed by atoms with van der Waals surface area (Å²) in [5.74, 6) is 0. The molecule has 1 amide bonds. The Morgan fingerprint density at radius 2 is 1.55 bits per heavy atom. The molecule has 1 aliphatic heterocycles. The van der Waals surface area contributed by atoms with Crippen LogP contribution in [0.1, 0.15) is 54.9 Å². The van der Waals surface area contributed by atoms with Gasteiger partial charge in [-0.3, -0.25) is 4.90 Å². The zero-order valence-electron chi connectivity index (χ0n) is 14.3. The predicted octanol–water partition coefficient (Wildman–Crippen LogP) is 3.36. The smallest absolute Gasteiger partial charge is 0.410 e. The van der Waals surface area contributed by atoms with Crippen molar-refractivity contribution in [3.63, 3.8) is 0 Å². The van der Waals surface area contributed by atoms with Crippen molar-refractivity contribution >= 4 is 6.09 Å². The van der Waals surface area contributed by atoms with Crippen molar-refractivity contribution in [1.82, 2.24) is 9.80 Å². The topological polar surface area (TPSA) is 32.8 Å². The highest BCUT2D eigenvalue weighted by atomic mass is 16.6. The number of carbonyl (C=O) groups is 1. The van der Waals surface area contributed by atoms with Crippen molar-refractivity contribution in [2.45, 2.75) is 66.5 Å². The van der Waals surface area contributed by atoms with Crippen molar-refractivity contribution in [2.75, 3.05) is 26.2 Å². The second kappa shape index (κ2) is 6.33. The molecule has 1 fully saturated rings. The van der Waals surface area contributed by atoms with Crippen LogP contribution in [0.15, 0.2) is 0 Å². The molecular weight excluding hydrogens is 252 g/mol. The lowest BCUT2D eigenvalue weighted by Gasteiger charge is -2.40. The summed E-state index contributed by atoms with van der Waals surface area (Å²) < 4.78 is 5.42. The van der Waals surface area contributed by atoms with Crippen molar-refractivity contribution in [2.24, 2.45) is 5.41 Å². The van der Waals surface area contributed by atoms with Gasteiger partial charge in [-0.05, 0) is 39.5 Å². The first-order valence-electron chi connectivity index (χ1n) is 7.70. The van der Waals surface area contributed by atoms with Crippen LogP contribution in [-0.2, 0) is 4.74 Å². The third-order valence-corrected chi connectivity index (χ3v) is 3.50. The zero-order valence-corrected chi connectivity index (χ0v) is 14.3. The lowest BCUT2D eigenvalue weighted by atomic mass is 9.88. The monoisotopic (exact) mass is 284 g/mol. The molecule has 1 atom stereocenters. The standard InChI is InChI=1S/C16H32N2O2/c1-13(12-15(2,3)4)17-8-10-18(11-9-17)14(19)20-16(5,6)7/h13H,8-12H2,1-7H3. The number of nitrogens with zero attached hydrogens (tertiary/aromatic N) is 2. The van der Waals surface area contributed by atoms with E-state index in [1.54, 1.807) is 0 Å². The fourth-order valence-corrected chi connectivity index (χ4v) is 2.69. The number of ether oxygens (including phenoxy) is 1. The summed E-state index contributed by atoms with van der Waals surface area (Å²) in [6.07, 6.45) is 1.00. The molecule has 1 heterocycles. The van der Waals surface area contributed by atoms with E-state index in [-0.39, 0.29) is 6.09 Å². The van der Waals surface area contributed by atoms with E-state index >= 15 is 0 Å². The van der Waals surface area contributed by atoms with E-state index in [1.807, 2.05) is 25.7 Å². The first kappa shape index (κ1) is 17.3. The summed E-state index contributed by atoms with van der Waals surface area (Å²) in [5.41, 5.74) is -0.0601. The third kappa shape index (κ3) is 6.12. The Kier molecular flexibility index (Phi) is 5.47. The number of carbonyl (C=O) groups excluding carboxylic acids is 1. The quantitative estimate of drug-likeness (QED) is 0.779. The van der Waals surface area contributed by atoms with Crippen LogP contribution in [0.5, 0.6) is 0 Å². The van der Waals surface area contributed by atoms with Gasteiger partial charge in [-0.15, -0.1) is 0 Å². The molecule has 1 aliphatic rings. The molecule has 0 aromatic carbocycles. The van der Waals surface area contributed by atoms with Gasteiger partial charge in [-0.1, -0.05) is 20.8 Å². The number of piperazine rings is 1. The van der Waals surface area contributed by atoms with Crippen LogP contribution in [0.4, 0.5) is 4.79 Å². The molecule has 0 spiro atoms. The Balaban J connectivity index is 2.42. The molecule has 118 valence electrons. The highest BCUT2D eigenvalue weighted by Crippen LogP contribution is 2.24. The van der Waals surface area contributed by atoms with Gasteiger partial charge >= 0.3 is 6.09 Å².